The van der Waals surface area contributed by atoms with Crippen molar-refractivity contribution < 1.29 is 9.66 Å². The molecule has 0 saturated heterocycles. The van der Waals surface area contributed by atoms with Crippen molar-refractivity contribution in [3.63, 3.8) is 0 Å². The van der Waals surface area contributed by atoms with E-state index in [-0.39, 0.29) is 17.3 Å². The Bertz CT molecular complexity index is 1250. The third-order valence-electron chi connectivity index (χ3n) is 4.31. The molecule has 0 atom stereocenters. The maximum atomic E-state index is 11.9. The van der Waals surface area contributed by atoms with E-state index in [4.69, 9.17) is 16.3 Å². The monoisotopic (exact) mass is 422 g/mol. The zero-order valence-corrected chi connectivity index (χ0v) is 16.4. The molecule has 0 fully saturated rings. The molecular formula is C20H15ClN6O3. The summed E-state index contributed by atoms with van der Waals surface area (Å²) in [6, 6.07) is 14.1. The van der Waals surface area contributed by atoms with Crippen molar-refractivity contribution >= 4 is 51.2 Å². The Morgan fingerprint density at radius 2 is 1.73 bits per heavy atom. The van der Waals surface area contributed by atoms with Crippen molar-refractivity contribution in [1.29, 1.82) is 0 Å². The zero-order chi connectivity index (χ0) is 21.1. The minimum atomic E-state index is -0.555. The number of nitro groups is 1. The Hall–Kier alpha value is -3.98. The number of rotatable bonds is 6. The van der Waals surface area contributed by atoms with Crippen molar-refractivity contribution in [2.24, 2.45) is 0 Å². The molecule has 4 aromatic rings. The van der Waals surface area contributed by atoms with Gasteiger partial charge in [-0.1, -0.05) is 29.8 Å². The molecule has 2 heterocycles. The summed E-state index contributed by atoms with van der Waals surface area (Å²) in [5, 5.41) is 19.1. The summed E-state index contributed by atoms with van der Waals surface area (Å²) in [6.45, 7) is 0. The first-order valence-electron chi connectivity index (χ1n) is 8.77. The van der Waals surface area contributed by atoms with Gasteiger partial charge in [-0.15, -0.1) is 0 Å². The van der Waals surface area contributed by atoms with Gasteiger partial charge in [0, 0.05) is 16.6 Å². The van der Waals surface area contributed by atoms with Gasteiger partial charge in [0.1, 0.15) is 12.1 Å². The molecule has 4 rings (SSSR count). The highest BCUT2D eigenvalue weighted by Crippen LogP contribution is 2.37. The van der Waals surface area contributed by atoms with Crippen molar-refractivity contribution in [2.75, 3.05) is 17.7 Å². The van der Waals surface area contributed by atoms with Crippen LogP contribution in [-0.4, -0.2) is 27.0 Å². The standard InChI is InChI=1S/C20H15ClN6O3/c1-30-16-8-7-13(21)10-15(16)26-20-18(27(28)29)19(23-11-24-20)25-14-6-2-4-12-5-3-9-22-17(12)14/h2-11H,1H3,(H2,23,24,25,26). The van der Waals surface area contributed by atoms with Crippen molar-refractivity contribution in [3.05, 3.63) is 76.2 Å². The summed E-state index contributed by atoms with van der Waals surface area (Å²) < 4.78 is 5.29. The molecule has 0 unspecified atom stereocenters. The molecule has 2 aromatic carbocycles. The van der Waals surface area contributed by atoms with E-state index in [1.54, 1.807) is 30.5 Å². The summed E-state index contributed by atoms with van der Waals surface area (Å²) >= 11 is 6.05. The number of benzene rings is 2. The zero-order valence-electron chi connectivity index (χ0n) is 15.7. The molecule has 30 heavy (non-hydrogen) atoms. The maximum absolute atomic E-state index is 11.9. The number of para-hydroxylation sites is 1. The largest absolute Gasteiger partial charge is 0.495 e. The number of halogens is 1. The van der Waals surface area contributed by atoms with Crippen LogP contribution in [0.1, 0.15) is 0 Å². The molecular weight excluding hydrogens is 408 g/mol. The lowest BCUT2D eigenvalue weighted by atomic mass is 10.2. The van der Waals surface area contributed by atoms with E-state index < -0.39 is 4.92 Å². The van der Waals surface area contributed by atoms with E-state index in [2.05, 4.69) is 25.6 Å². The van der Waals surface area contributed by atoms with Gasteiger partial charge in [-0.05, 0) is 30.3 Å². The molecule has 2 N–H and O–H groups in total. The summed E-state index contributed by atoms with van der Waals surface area (Å²) in [5.41, 5.74) is 1.36. The van der Waals surface area contributed by atoms with Gasteiger partial charge < -0.3 is 15.4 Å². The number of ether oxygens (including phenoxy) is 1. The Kier molecular flexibility index (Phi) is 5.27. The quantitative estimate of drug-likeness (QED) is 0.326. The van der Waals surface area contributed by atoms with Gasteiger partial charge in [0.05, 0.1) is 28.9 Å². The number of anilines is 4. The number of fused-ring (bicyclic) bond motifs is 1. The van der Waals surface area contributed by atoms with E-state index in [1.807, 2.05) is 24.3 Å². The van der Waals surface area contributed by atoms with Crippen LogP contribution < -0.4 is 15.4 Å². The number of hydrogen-bond donors (Lipinski definition) is 2. The SMILES string of the molecule is COc1ccc(Cl)cc1Nc1ncnc(Nc2cccc3cccnc23)c1[N+](=O)[O-]. The van der Waals surface area contributed by atoms with Crippen LogP contribution in [0.15, 0.2) is 61.1 Å². The van der Waals surface area contributed by atoms with Crippen molar-refractivity contribution in [1.82, 2.24) is 15.0 Å². The van der Waals surface area contributed by atoms with Crippen LogP contribution in [0.4, 0.5) is 28.7 Å². The average molecular weight is 423 g/mol. The van der Waals surface area contributed by atoms with Gasteiger partial charge in [0.25, 0.3) is 0 Å². The fourth-order valence-electron chi connectivity index (χ4n) is 2.97. The Labute approximate surface area is 175 Å². The lowest BCUT2D eigenvalue weighted by Crippen LogP contribution is -2.06. The fraction of sp³-hybridized carbons (Fsp3) is 0.0500. The first-order valence-corrected chi connectivity index (χ1v) is 9.15. The van der Waals surface area contributed by atoms with Crippen molar-refractivity contribution in [3.8, 4) is 5.75 Å². The molecule has 9 nitrogen and oxygen atoms in total. The highest BCUT2D eigenvalue weighted by Gasteiger charge is 2.24. The first-order chi connectivity index (χ1) is 14.6. The molecule has 0 aliphatic heterocycles. The number of nitrogens with zero attached hydrogens (tertiary/aromatic N) is 4. The van der Waals surface area contributed by atoms with Gasteiger partial charge in [0.15, 0.2) is 0 Å². The molecule has 0 amide bonds. The second-order valence-corrected chi connectivity index (χ2v) is 6.59. The first kappa shape index (κ1) is 19.3. The minimum Gasteiger partial charge on any atom is -0.495 e. The smallest absolute Gasteiger partial charge is 0.353 e. The predicted molar refractivity (Wildman–Crippen MR) is 115 cm³/mol. The number of aromatic nitrogens is 3. The van der Waals surface area contributed by atoms with Crippen LogP contribution in [0.25, 0.3) is 10.9 Å². The molecule has 2 aromatic heterocycles. The third-order valence-corrected chi connectivity index (χ3v) is 4.54. The van der Waals surface area contributed by atoms with E-state index >= 15 is 0 Å². The Morgan fingerprint density at radius 1 is 1.00 bits per heavy atom. The molecule has 0 aliphatic carbocycles. The lowest BCUT2D eigenvalue weighted by molar-refractivity contribution is -0.383. The van der Waals surface area contributed by atoms with Crippen molar-refractivity contribution in [2.45, 2.75) is 0 Å². The molecule has 0 spiro atoms. The normalized spacial score (nSPS) is 10.6. The van der Waals surface area contributed by atoms with Gasteiger partial charge in [-0.3, -0.25) is 15.1 Å². The maximum Gasteiger partial charge on any atom is 0.353 e. The number of methoxy groups -OCH3 is 1. The van der Waals surface area contributed by atoms with Gasteiger partial charge in [-0.2, -0.15) is 0 Å². The number of hydrogen-bond acceptors (Lipinski definition) is 8. The second-order valence-electron chi connectivity index (χ2n) is 6.15. The van der Waals surface area contributed by atoms with Crippen LogP contribution in [0, 0.1) is 10.1 Å². The number of pyridine rings is 1. The summed E-state index contributed by atoms with van der Waals surface area (Å²) in [5.74, 6) is 0.475. The average Bonchev–Trinajstić information content (AvgIpc) is 2.74. The highest BCUT2D eigenvalue weighted by atomic mass is 35.5. The molecule has 150 valence electrons. The van der Waals surface area contributed by atoms with Gasteiger partial charge in [-0.25, -0.2) is 9.97 Å². The van der Waals surface area contributed by atoms with Crippen LogP contribution in [0.5, 0.6) is 5.75 Å². The molecule has 10 heteroatoms. The number of nitrogens with one attached hydrogen (secondary N) is 2. The van der Waals surface area contributed by atoms with E-state index in [9.17, 15) is 10.1 Å². The van der Waals surface area contributed by atoms with Gasteiger partial charge in [0.2, 0.25) is 11.6 Å². The summed E-state index contributed by atoms with van der Waals surface area (Å²) in [7, 11) is 1.49. The topological polar surface area (TPSA) is 115 Å². The van der Waals surface area contributed by atoms with E-state index in [0.29, 0.717) is 27.7 Å². The molecule has 0 saturated carbocycles. The van der Waals surface area contributed by atoms with Crippen LogP contribution in [0.3, 0.4) is 0 Å². The van der Waals surface area contributed by atoms with E-state index in [0.717, 1.165) is 5.39 Å². The summed E-state index contributed by atoms with van der Waals surface area (Å²) in [6.07, 6.45) is 2.88. The Balaban J connectivity index is 1.77. The second kappa shape index (κ2) is 8.18. The highest BCUT2D eigenvalue weighted by molar-refractivity contribution is 6.31. The Morgan fingerprint density at radius 3 is 2.47 bits per heavy atom. The third kappa shape index (κ3) is 3.78. The predicted octanol–water partition coefficient (Wildman–Crippen LogP) is 5.08. The molecule has 0 bridgehead atoms. The minimum absolute atomic E-state index is 0.00809. The van der Waals surface area contributed by atoms with Crippen LogP contribution in [-0.2, 0) is 0 Å². The van der Waals surface area contributed by atoms with Gasteiger partial charge >= 0.3 is 5.69 Å². The van der Waals surface area contributed by atoms with Crippen LogP contribution >= 0.6 is 11.6 Å². The van der Waals surface area contributed by atoms with Crippen LogP contribution in [0.2, 0.25) is 5.02 Å². The summed E-state index contributed by atoms with van der Waals surface area (Å²) in [4.78, 5) is 23.8. The van der Waals surface area contributed by atoms with E-state index in [1.165, 1.54) is 13.4 Å². The molecule has 0 radical (unpaired) electrons. The fourth-order valence-corrected chi connectivity index (χ4v) is 3.14. The molecule has 0 aliphatic rings. The lowest BCUT2D eigenvalue weighted by Gasteiger charge is -2.13.